The molecule has 0 spiro atoms. The van der Waals surface area contributed by atoms with Crippen LogP contribution >= 0.6 is 0 Å². The molecule has 0 bridgehead atoms. The zero-order valence-corrected chi connectivity index (χ0v) is 16.4. The Hall–Kier alpha value is -2.18. The Kier molecular flexibility index (Phi) is 6.07. The highest BCUT2D eigenvalue weighted by Crippen LogP contribution is 2.24. The molecule has 6 heteroatoms. The third-order valence-electron chi connectivity index (χ3n) is 5.53. The number of hydrogen-bond acceptors (Lipinski definition) is 5. The van der Waals surface area contributed by atoms with Gasteiger partial charge in [0.15, 0.2) is 0 Å². The van der Waals surface area contributed by atoms with E-state index in [-0.39, 0.29) is 18.1 Å². The van der Waals surface area contributed by atoms with Gasteiger partial charge in [-0.15, -0.1) is 0 Å². The fraction of sp³-hybridized carbons (Fsp3) is 0.545. The van der Waals surface area contributed by atoms with Crippen LogP contribution in [-0.4, -0.2) is 54.3 Å². The molecule has 2 aromatic rings. The number of benzene rings is 1. The quantitative estimate of drug-likeness (QED) is 0.784. The molecule has 0 radical (unpaired) electrons. The Morgan fingerprint density at radius 1 is 1.18 bits per heavy atom. The lowest BCUT2D eigenvalue weighted by Crippen LogP contribution is -2.41. The maximum Gasteiger partial charge on any atom is 0.291 e. The number of nitrogens with zero attached hydrogens (tertiary/aromatic N) is 2. The SMILES string of the molecule is Cc1nc(-c2ccccc2)oc1C(=O)N1CCC(OCC2CCCCO2)CC1. The molecule has 0 N–H and O–H groups in total. The molecule has 1 amide bonds. The third-order valence-corrected chi connectivity index (χ3v) is 5.53. The highest BCUT2D eigenvalue weighted by atomic mass is 16.5. The number of piperidine rings is 1. The highest BCUT2D eigenvalue weighted by Gasteiger charge is 2.28. The van der Waals surface area contributed by atoms with E-state index in [1.165, 1.54) is 6.42 Å². The number of likely N-dealkylation sites (tertiary alicyclic amines) is 1. The topological polar surface area (TPSA) is 64.8 Å². The van der Waals surface area contributed by atoms with Crippen molar-refractivity contribution in [1.29, 1.82) is 0 Å². The molecule has 1 aromatic carbocycles. The van der Waals surface area contributed by atoms with E-state index in [2.05, 4.69) is 4.98 Å². The summed E-state index contributed by atoms with van der Waals surface area (Å²) in [4.78, 5) is 19.2. The summed E-state index contributed by atoms with van der Waals surface area (Å²) in [5, 5.41) is 0. The second-order valence-electron chi connectivity index (χ2n) is 7.61. The molecule has 150 valence electrons. The van der Waals surface area contributed by atoms with Gasteiger partial charge in [0, 0.05) is 25.3 Å². The maximum absolute atomic E-state index is 12.9. The number of amides is 1. The standard InChI is InChI=1S/C22H28N2O4/c1-16-20(28-21(23-16)17-7-3-2-4-8-17)22(25)24-12-10-18(11-13-24)27-15-19-9-5-6-14-26-19/h2-4,7-8,18-19H,5-6,9-15H2,1H3. The molecule has 4 rings (SSSR count). The molecular formula is C22H28N2O4. The summed E-state index contributed by atoms with van der Waals surface area (Å²) in [6, 6.07) is 9.66. The van der Waals surface area contributed by atoms with Gasteiger partial charge in [0.05, 0.1) is 24.5 Å². The molecule has 6 nitrogen and oxygen atoms in total. The van der Waals surface area contributed by atoms with E-state index in [4.69, 9.17) is 13.9 Å². The van der Waals surface area contributed by atoms with E-state index >= 15 is 0 Å². The van der Waals surface area contributed by atoms with Gasteiger partial charge in [0.25, 0.3) is 5.91 Å². The fourth-order valence-corrected chi connectivity index (χ4v) is 3.85. The van der Waals surface area contributed by atoms with E-state index < -0.39 is 0 Å². The minimum atomic E-state index is -0.0822. The number of aromatic nitrogens is 1. The smallest absolute Gasteiger partial charge is 0.291 e. The van der Waals surface area contributed by atoms with Crippen molar-refractivity contribution in [2.24, 2.45) is 0 Å². The molecule has 2 saturated heterocycles. The summed E-state index contributed by atoms with van der Waals surface area (Å²) < 4.78 is 17.6. The van der Waals surface area contributed by atoms with Gasteiger partial charge in [-0.05, 0) is 51.2 Å². The van der Waals surface area contributed by atoms with Crippen LogP contribution in [0.4, 0.5) is 0 Å². The van der Waals surface area contributed by atoms with Crippen LogP contribution in [0.2, 0.25) is 0 Å². The summed E-state index contributed by atoms with van der Waals surface area (Å²) in [6.07, 6.45) is 5.60. The lowest BCUT2D eigenvalue weighted by molar-refractivity contribution is -0.0734. The Bertz CT molecular complexity index is 775. The van der Waals surface area contributed by atoms with Crippen molar-refractivity contribution in [2.75, 3.05) is 26.3 Å². The van der Waals surface area contributed by atoms with Crippen molar-refractivity contribution in [3.8, 4) is 11.5 Å². The predicted octanol–water partition coefficient (Wildman–Crippen LogP) is 3.84. The molecule has 0 aliphatic carbocycles. The van der Waals surface area contributed by atoms with Crippen molar-refractivity contribution < 1.29 is 18.7 Å². The van der Waals surface area contributed by atoms with Gasteiger partial charge in [-0.3, -0.25) is 4.79 Å². The van der Waals surface area contributed by atoms with Gasteiger partial charge in [-0.2, -0.15) is 0 Å². The van der Waals surface area contributed by atoms with E-state index in [9.17, 15) is 4.79 Å². The molecule has 28 heavy (non-hydrogen) atoms. The summed E-state index contributed by atoms with van der Waals surface area (Å²) in [7, 11) is 0. The third kappa shape index (κ3) is 4.45. The minimum Gasteiger partial charge on any atom is -0.431 e. The van der Waals surface area contributed by atoms with Crippen molar-refractivity contribution in [3.63, 3.8) is 0 Å². The Morgan fingerprint density at radius 2 is 1.96 bits per heavy atom. The maximum atomic E-state index is 12.9. The highest BCUT2D eigenvalue weighted by molar-refractivity contribution is 5.93. The largest absolute Gasteiger partial charge is 0.431 e. The van der Waals surface area contributed by atoms with Gasteiger partial charge < -0.3 is 18.8 Å². The molecule has 1 aromatic heterocycles. The first-order valence-electron chi connectivity index (χ1n) is 10.3. The van der Waals surface area contributed by atoms with Crippen molar-refractivity contribution in [3.05, 3.63) is 41.8 Å². The number of oxazole rings is 1. The first-order valence-corrected chi connectivity index (χ1v) is 10.3. The van der Waals surface area contributed by atoms with E-state index in [1.807, 2.05) is 42.2 Å². The lowest BCUT2D eigenvalue weighted by atomic mass is 10.1. The van der Waals surface area contributed by atoms with Crippen LogP contribution in [0, 0.1) is 6.92 Å². The van der Waals surface area contributed by atoms with Gasteiger partial charge >= 0.3 is 0 Å². The van der Waals surface area contributed by atoms with Gasteiger partial charge in [-0.25, -0.2) is 4.98 Å². The summed E-state index contributed by atoms with van der Waals surface area (Å²) in [5.41, 5.74) is 1.51. The molecule has 2 aliphatic heterocycles. The minimum absolute atomic E-state index is 0.0822. The fourth-order valence-electron chi connectivity index (χ4n) is 3.85. The molecule has 0 saturated carbocycles. The normalized spacial score (nSPS) is 21.0. The van der Waals surface area contributed by atoms with Crippen LogP contribution in [0.5, 0.6) is 0 Å². The number of rotatable bonds is 5. The second-order valence-corrected chi connectivity index (χ2v) is 7.61. The average Bonchev–Trinajstić information content (AvgIpc) is 3.15. The van der Waals surface area contributed by atoms with Gasteiger partial charge in [0.2, 0.25) is 11.7 Å². The Labute approximate surface area is 165 Å². The molecular weight excluding hydrogens is 356 g/mol. The van der Waals surface area contributed by atoms with Crippen LogP contribution in [0.3, 0.4) is 0 Å². The van der Waals surface area contributed by atoms with Crippen LogP contribution in [0.1, 0.15) is 48.4 Å². The van der Waals surface area contributed by atoms with E-state index in [0.717, 1.165) is 37.9 Å². The zero-order valence-electron chi connectivity index (χ0n) is 16.4. The monoisotopic (exact) mass is 384 g/mol. The summed E-state index contributed by atoms with van der Waals surface area (Å²) in [5.74, 6) is 0.752. The summed E-state index contributed by atoms with van der Waals surface area (Å²) >= 11 is 0. The van der Waals surface area contributed by atoms with Crippen molar-refractivity contribution in [1.82, 2.24) is 9.88 Å². The van der Waals surface area contributed by atoms with Crippen LogP contribution in [0.15, 0.2) is 34.7 Å². The Balaban J connectivity index is 1.31. The first-order chi connectivity index (χ1) is 13.7. The molecule has 3 heterocycles. The van der Waals surface area contributed by atoms with Gasteiger partial charge in [-0.1, -0.05) is 18.2 Å². The number of ether oxygens (including phenoxy) is 2. The number of carbonyl (C=O) groups is 1. The Morgan fingerprint density at radius 3 is 2.68 bits per heavy atom. The lowest BCUT2D eigenvalue weighted by Gasteiger charge is -2.32. The summed E-state index contributed by atoms with van der Waals surface area (Å²) in [6.45, 7) is 4.69. The van der Waals surface area contributed by atoms with E-state index in [1.54, 1.807) is 0 Å². The van der Waals surface area contributed by atoms with Crippen molar-refractivity contribution in [2.45, 2.75) is 51.2 Å². The molecule has 1 unspecified atom stereocenters. The number of hydrogen-bond donors (Lipinski definition) is 0. The number of aryl methyl sites for hydroxylation is 1. The van der Waals surface area contributed by atoms with E-state index in [0.29, 0.717) is 37.0 Å². The molecule has 2 fully saturated rings. The predicted molar refractivity (Wildman–Crippen MR) is 105 cm³/mol. The molecule has 2 aliphatic rings. The van der Waals surface area contributed by atoms with Gasteiger partial charge in [0.1, 0.15) is 0 Å². The molecule has 1 atom stereocenters. The van der Waals surface area contributed by atoms with Crippen molar-refractivity contribution >= 4 is 5.91 Å². The average molecular weight is 384 g/mol. The first kappa shape index (κ1) is 19.2. The van der Waals surface area contributed by atoms with Crippen LogP contribution in [-0.2, 0) is 9.47 Å². The zero-order chi connectivity index (χ0) is 19.3. The number of carbonyl (C=O) groups excluding carboxylic acids is 1. The van der Waals surface area contributed by atoms with Crippen LogP contribution in [0.25, 0.3) is 11.5 Å². The van der Waals surface area contributed by atoms with Crippen LogP contribution < -0.4 is 0 Å². The second kappa shape index (κ2) is 8.88.